The van der Waals surface area contributed by atoms with Crippen LogP contribution in [0.4, 0.5) is 9.93 Å². The van der Waals surface area contributed by atoms with E-state index >= 15 is 0 Å². The molecule has 3 heterocycles. The van der Waals surface area contributed by atoms with Gasteiger partial charge in [0.2, 0.25) is 5.13 Å². The van der Waals surface area contributed by atoms with E-state index in [2.05, 4.69) is 24.9 Å². The monoisotopic (exact) mass is 306 g/mol. The predicted molar refractivity (Wildman–Crippen MR) is 80.5 cm³/mol. The zero-order valence-electron chi connectivity index (χ0n) is 12.3. The van der Waals surface area contributed by atoms with Crippen LogP contribution < -0.4 is 5.32 Å². The minimum absolute atomic E-state index is 0.109. The molecule has 2 aromatic rings. The maximum Gasteiger partial charge on any atom is 0.323 e. The van der Waals surface area contributed by atoms with E-state index in [4.69, 9.17) is 0 Å². The van der Waals surface area contributed by atoms with Gasteiger partial charge in [-0.05, 0) is 6.07 Å². The van der Waals surface area contributed by atoms with Crippen LogP contribution in [0.3, 0.4) is 0 Å². The van der Waals surface area contributed by atoms with E-state index in [1.165, 1.54) is 11.5 Å². The molecule has 1 fully saturated rings. The number of nitrogens with zero attached hydrogens (tertiary/aromatic N) is 4. The first-order chi connectivity index (χ1) is 9.93. The van der Waals surface area contributed by atoms with Gasteiger partial charge in [0, 0.05) is 47.8 Å². The van der Waals surface area contributed by atoms with Gasteiger partial charge in [0.25, 0.3) is 0 Å². The molecule has 0 saturated carbocycles. The molecule has 1 saturated heterocycles. The van der Waals surface area contributed by atoms with Crippen LogP contribution in [0, 0.1) is 0 Å². The van der Waals surface area contributed by atoms with Crippen molar-refractivity contribution in [3.05, 3.63) is 23.8 Å². The number of carbonyl (C=O) groups excluding carboxylic acids is 1. The van der Waals surface area contributed by atoms with Crippen molar-refractivity contribution in [1.82, 2.24) is 24.5 Å². The van der Waals surface area contributed by atoms with Gasteiger partial charge in [0.15, 0.2) is 0 Å². The summed E-state index contributed by atoms with van der Waals surface area (Å²) in [4.78, 5) is 18.2. The molecular formula is C13H18N6OS. The van der Waals surface area contributed by atoms with E-state index in [9.17, 15) is 4.79 Å². The molecule has 8 heteroatoms. The van der Waals surface area contributed by atoms with Gasteiger partial charge in [0.05, 0.1) is 0 Å². The number of H-pyrrole nitrogens is 1. The van der Waals surface area contributed by atoms with Gasteiger partial charge in [0.1, 0.15) is 5.82 Å². The van der Waals surface area contributed by atoms with Gasteiger partial charge in [-0.3, -0.25) is 10.4 Å². The minimum atomic E-state index is -0.123. The standard InChI is InChI=1S/C13H18N6OS/c1-13(2,3)10-15-11(21-18-10)16-12(20)19-6-8(7-19)9-4-5-14-17-9/h4-5,8H,6-7H2,1-3H3,(H,14,17)(H,15,16,18,20). The quantitative estimate of drug-likeness (QED) is 0.890. The smallest absolute Gasteiger partial charge is 0.323 e. The second-order valence-corrected chi connectivity index (χ2v) is 6.97. The van der Waals surface area contributed by atoms with Gasteiger partial charge >= 0.3 is 6.03 Å². The number of hydrogen-bond acceptors (Lipinski definition) is 5. The highest BCUT2D eigenvalue weighted by atomic mass is 32.1. The lowest BCUT2D eigenvalue weighted by Gasteiger charge is -2.38. The Morgan fingerprint density at radius 2 is 2.24 bits per heavy atom. The average Bonchev–Trinajstić information content (AvgIpc) is 2.96. The highest BCUT2D eigenvalue weighted by Gasteiger charge is 2.33. The van der Waals surface area contributed by atoms with E-state index in [1.807, 2.05) is 26.8 Å². The number of urea groups is 1. The van der Waals surface area contributed by atoms with Crippen molar-refractivity contribution in [2.24, 2.45) is 0 Å². The fourth-order valence-corrected chi connectivity index (χ4v) is 2.83. The highest BCUT2D eigenvalue weighted by Crippen LogP contribution is 2.27. The number of aromatic nitrogens is 4. The molecule has 0 atom stereocenters. The zero-order valence-corrected chi connectivity index (χ0v) is 13.1. The number of amides is 2. The predicted octanol–water partition coefficient (Wildman–Crippen LogP) is 2.19. The fraction of sp³-hybridized carbons (Fsp3) is 0.538. The van der Waals surface area contributed by atoms with Crippen LogP contribution in [0.15, 0.2) is 12.3 Å². The summed E-state index contributed by atoms with van der Waals surface area (Å²) in [5.41, 5.74) is 0.965. The summed E-state index contributed by atoms with van der Waals surface area (Å²) in [7, 11) is 0. The van der Waals surface area contributed by atoms with Crippen LogP contribution >= 0.6 is 11.5 Å². The Morgan fingerprint density at radius 1 is 1.48 bits per heavy atom. The first-order valence-corrected chi connectivity index (χ1v) is 7.60. The van der Waals surface area contributed by atoms with E-state index < -0.39 is 0 Å². The first kappa shape index (κ1) is 14.0. The van der Waals surface area contributed by atoms with Crippen LogP contribution in [0.2, 0.25) is 0 Å². The van der Waals surface area contributed by atoms with Crippen molar-refractivity contribution >= 4 is 22.7 Å². The average molecular weight is 306 g/mol. The molecule has 0 radical (unpaired) electrons. The maximum absolute atomic E-state index is 12.1. The number of nitrogens with one attached hydrogen (secondary N) is 2. The van der Waals surface area contributed by atoms with Crippen LogP contribution in [-0.4, -0.2) is 43.6 Å². The van der Waals surface area contributed by atoms with Gasteiger partial charge in [-0.15, -0.1) is 0 Å². The molecule has 0 spiro atoms. The molecule has 7 nitrogen and oxygen atoms in total. The molecule has 0 bridgehead atoms. The Balaban J connectivity index is 1.55. The Hall–Kier alpha value is -1.96. The highest BCUT2D eigenvalue weighted by molar-refractivity contribution is 7.09. The lowest BCUT2D eigenvalue weighted by Crippen LogP contribution is -2.50. The number of rotatable bonds is 2. The minimum Gasteiger partial charge on any atom is -0.323 e. The molecule has 1 aliphatic rings. The Kier molecular flexibility index (Phi) is 3.40. The van der Waals surface area contributed by atoms with Gasteiger partial charge < -0.3 is 4.90 Å². The van der Waals surface area contributed by atoms with E-state index in [-0.39, 0.29) is 11.4 Å². The molecular weight excluding hydrogens is 288 g/mol. The van der Waals surface area contributed by atoms with Crippen LogP contribution in [0.5, 0.6) is 0 Å². The zero-order chi connectivity index (χ0) is 15.0. The van der Waals surface area contributed by atoms with Crippen molar-refractivity contribution in [3.63, 3.8) is 0 Å². The van der Waals surface area contributed by atoms with Crippen molar-refractivity contribution in [1.29, 1.82) is 0 Å². The normalized spacial score (nSPS) is 15.9. The van der Waals surface area contributed by atoms with Crippen molar-refractivity contribution in [2.45, 2.75) is 32.1 Å². The van der Waals surface area contributed by atoms with E-state index in [0.717, 1.165) is 11.5 Å². The summed E-state index contributed by atoms with van der Waals surface area (Å²) >= 11 is 1.22. The lowest BCUT2D eigenvalue weighted by molar-refractivity contribution is 0.162. The number of aromatic amines is 1. The SMILES string of the molecule is CC(C)(C)c1nsc(NC(=O)N2CC(c3ccn[nH]3)C2)n1. The molecule has 0 unspecified atom stereocenters. The largest absolute Gasteiger partial charge is 0.323 e. The molecule has 112 valence electrons. The third-order valence-electron chi connectivity index (χ3n) is 3.44. The number of anilines is 1. The molecule has 21 heavy (non-hydrogen) atoms. The summed E-state index contributed by atoms with van der Waals surface area (Å²) in [6.07, 6.45) is 1.73. The van der Waals surface area contributed by atoms with Gasteiger partial charge in [-0.25, -0.2) is 9.78 Å². The maximum atomic E-state index is 12.1. The topological polar surface area (TPSA) is 86.8 Å². The Morgan fingerprint density at radius 3 is 2.81 bits per heavy atom. The van der Waals surface area contributed by atoms with Gasteiger partial charge in [-0.1, -0.05) is 20.8 Å². The third-order valence-corrected chi connectivity index (χ3v) is 4.07. The summed E-state index contributed by atoms with van der Waals surface area (Å²) in [5, 5.41) is 10.2. The van der Waals surface area contributed by atoms with Crippen molar-refractivity contribution in [3.8, 4) is 0 Å². The molecule has 0 aromatic carbocycles. The second kappa shape index (κ2) is 5.10. The first-order valence-electron chi connectivity index (χ1n) is 6.83. The lowest BCUT2D eigenvalue weighted by atomic mass is 9.96. The molecule has 2 aromatic heterocycles. The van der Waals surface area contributed by atoms with Gasteiger partial charge in [-0.2, -0.15) is 9.47 Å². The van der Waals surface area contributed by atoms with Crippen molar-refractivity contribution in [2.75, 3.05) is 18.4 Å². The Bertz CT molecular complexity index is 623. The summed E-state index contributed by atoms with van der Waals surface area (Å²) < 4.78 is 4.28. The molecule has 3 rings (SSSR count). The van der Waals surface area contributed by atoms with Crippen LogP contribution in [0.1, 0.15) is 38.2 Å². The van der Waals surface area contributed by atoms with Crippen LogP contribution in [-0.2, 0) is 5.41 Å². The number of likely N-dealkylation sites (tertiary alicyclic amines) is 1. The molecule has 0 aliphatic carbocycles. The fourth-order valence-electron chi connectivity index (χ4n) is 2.08. The molecule has 2 amide bonds. The van der Waals surface area contributed by atoms with E-state index in [0.29, 0.717) is 24.1 Å². The summed E-state index contributed by atoms with van der Waals surface area (Å²) in [6, 6.07) is 1.82. The summed E-state index contributed by atoms with van der Waals surface area (Å²) in [5.74, 6) is 1.10. The molecule has 1 aliphatic heterocycles. The van der Waals surface area contributed by atoms with Crippen LogP contribution in [0.25, 0.3) is 0 Å². The Labute approximate surface area is 126 Å². The second-order valence-electron chi connectivity index (χ2n) is 6.22. The molecule has 2 N–H and O–H groups in total. The summed E-state index contributed by atoms with van der Waals surface area (Å²) in [6.45, 7) is 7.53. The third kappa shape index (κ3) is 2.90. The van der Waals surface area contributed by atoms with E-state index in [1.54, 1.807) is 11.1 Å². The van der Waals surface area contributed by atoms with Crippen molar-refractivity contribution < 1.29 is 4.79 Å². The number of hydrogen-bond donors (Lipinski definition) is 2. The number of carbonyl (C=O) groups is 1.